The van der Waals surface area contributed by atoms with Gasteiger partial charge in [-0.15, -0.1) is 11.6 Å². The molecule has 0 radical (unpaired) electrons. The van der Waals surface area contributed by atoms with E-state index in [1.807, 2.05) is 30.3 Å². The van der Waals surface area contributed by atoms with E-state index >= 15 is 0 Å². The van der Waals surface area contributed by atoms with E-state index in [2.05, 4.69) is 31.2 Å². The standard InChI is InChI=1S/C17H19ClO/c1-14-7-9-15(10-8-14)16(13-18)11-12-19-17-5-3-2-4-6-17/h2-10,16H,11-13H2,1H3. The number of hydrogen-bond acceptors (Lipinski definition) is 1. The first-order chi connectivity index (χ1) is 9.29. The van der Waals surface area contributed by atoms with Crippen LogP contribution in [-0.4, -0.2) is 12.5 Å². The molecule has 0 aliphatic carbocycles. The molecule has 2 heteroatoms. The summed E-state index contributed by atoms with van der Waals surface area (Å²) in [5.41, 5.74) is 2.56. The molecule has 0 aromatic heterocycles. The van der Waals surface area contributed by atoms with Gasteiger partial charge < -0.3 is 4.74 Å². The Balaban J connectivity index is 1.87. The number of halogens is 1. The topological polar surface area (TPSA) is 9.23 Å². The van der Waals surface area contributed by atoms with Crippen LogP contribution in [0.2, 0.25) is 0 Å². The fraction of sp³-hybridized carbons (Fsp3) is 0.294. The van der Waals surface area contributed by atoms with Crippen LogP contribution >= 0.6 is 11.6 Å². The van der Waals surface area contributed by atoms with Crippen LogP contribution in [-0.2, 0) is 0 Å². The van der Waals surface area contributed by atoms with E-state index < -0.39 is 0 Å². The molecule has 0 bridgehead atoms. The van der Waals surface area contributed by atoms with Gasteiger partial charge in [-0.25, -0.2) is 0 Å². The van der Waals surface area contributed by atoms with Gasteiger partial charge in [0.05, 0.1) is 6.61 Å². The highest BCUT2D eigenvalue weighted by Crippen LogP contribution is 2.22. The fourth-order valence-corrected chi connectivity index (χ4v) is 2.34. The molecular weight excluding hydrogens is 256 g/mol. The minimum Gasteiger partial charge on any atom is -0.494 e. The number of aryl methyl sites for hydroxylation is 1. The van der Waals surface area contributed by atoms with E-state index in [0.717, 1.165) is 12.2 Å². The van der Waals surface area contributed by atoms with Gasteiger partial charge in [0.15, 0.2) is 0 Å². The van der Waals surface area contributed by atoms with Crippen LogP contribution < -0.4 is 4.74 Å². The number of ether oxygens (including phenoxy) is 1. The van der Waals surface area contributed by atoms with Gasteiger partial charge in [-0.3, -0.25) is 0 Å². The predicted octanol–water partition coefficient (Wildman–Crippen LogP) is 4.79. The Hall–Kier alpha value is -1.47. The maximum absolute atomic E-state index is 6.07. The van der Waals surface area contributed by atoms with E-state index in [0.29, 0.717) is 18.4 Å². The minimum absolute atomic E-state index is 0.353. The van der Waals surface area contributed by atoms with Gasteiger partial charge in [-0.05, 0) is 31.0 Å². The first-order valence-electron chi connectivity index (χ1n) is 6.60. The minimum atomic E-state index is 0.353. The third kappa shape index (κ3) is 4.29. The van der Waals surface area contributed by atoms with Crippen LogP contribution in [0.25, 0.3) is 0 Å². The van der Waals surface area contributed by atoms with Crippen LogP contribution in [0.3, 0.4) is 0 Å². The lowest BCUT2D eigenvalue weighted by Gasteiger charge is -2.15. The molecule has 2 rings (SSSR count). The van der Waals surface area contributed by atoms with Gasteiger partial charge in [0.25, 0.3) is 0 Å². The number of rotatable bonds is 6. The van der Waals surface area contributed by atoms with E-state index in [-0.39, 0.29) is 0 Å². The van der Waals surface area contributed by atoms with Crippen molar-refractivity contribution in [3.05, 3.63) is 65.7 Å². The van der Waals surface area contributed by atoms with Crippen LogP contribution in [0, 0.1) is 6.92 Å². The van der Waals surface area contributed by atoms with Gasteiger partial charge >= 0.3 is 0 Å². The Morgan fingerprint density at radius 1 is 1.00 bits per heavy atom. The van der Waals surface area contributed by atoms with Crippen LogP contribution in [0.1, 0.15) is 23.5 Å². The Kier molecular flexibility index (Phi) is 5.29. The van der Waals surface area contributed by atoms with Gasteiger partial charge in [-0.2, -0.15) is 0 Å². The van der Waals surface area contributed by atoms with Crippen LogP contribution in [0.5, 0.6) is 5.75 Å². The van der Waals surface area contributed by atoms with Crippen molar-refractivity contribution in [1.29, 1.82) is 0 Å². The fourth-order valence-electron chi connectivity index (χ4n) is 2.01. The summed E-state index contributed by atoms with van der Waals surface area (Å²) in [5.74, 6) is 1.90. The maximum Gasteiger partial charge on any atom is 0.119 e. The zero-order chi connectivity index (χ0) is 13.5. The molecule has 0 N–H and O–H groups in total. The molecule has 100 valence electrons. The van der Waals surface area contributed by atoms with Crippen molar-refractivity contribution >= 4 is 11.6 Å². The molecule has 0 spiro atoms. The number of alkyl halides is 1. The smallest absolute Gasteiger partial charge is 0.119 e. The number of hydrogen-bond donors (Lipinski definition) is 0. The summed E-state index contributed by atoms with van der Waals surface area (Å²) in [7, 11) is 0. The van der Waals surface area contributed by atoms with Crippen molar-refractivity contribution in [1.82, 2.24) is 0 Å². The highest BCUT2D eigenvalue weighted by Gasteiger charge is 2.10. The lowest BCUT2D eigenvalue weighted by atomic mass is 9.97. The highest BCUT2D eigenvalue weighted by molar-refractivity contribution is 6.18. The van der Waals surface area contributed by atoms with E-state index in [9.17, 15) is 0 Å². The van der Waals surface area contributed by atoms with Crippen molar-refractivity contribution in [2.75, 3.05) is 12.5 Å². The third-order valence-corrected chi connectivity index (χ3v) is 3.59. The SMILES string of the molecule is Cc1ccc(C(CCl)CCOc2ccccc2)cc1. The molecule has 1 unspecified atom stereocenters. The number of benzene rings is 2. The summed E-state index contributed by atoms with van der Waals surface area (Å²) in [6.45, 7) is 2.78. The first kappa shape index (κ1) is 14.0. The molecule has 1 atom stereocenters. The van der Waals surface area contributed by atoms with Gasteiger partial charge in [0.2, 0.25) is 0 Å². The number of para-hydroxylation sites is 1. The Morgan fingerprint density at radius 2 is 1.68 bits per heavy atom. The summed E-state index contributed by atoms with van der Waals surface area (Å²) in [6, 6.07) is 18.5. The average Bonchev–Trinajstić information content (AvgIpc) is 2.46. The zero-order valence-corrected chi connectivity index (χ0v) is 11.9. The average molecular weight is 275 g/mol. The van der Waals surface area contributed by atoms with Crippen molar-refractivity contribution in [2.24, 2.45) is 0 Å². The Bertz CT molecular complexity index is 478. The van der Waals surface area contributed by atoms with Gasteiger partial charge in [-0.1, -0.05) is 48.0 Å². The molecule has 2 aromatic rings. The molecule has 0 saturated heterocycles. The summed E-state index contributed by atoms with van der Waals surface area (Å²) in [5, 5.41) is 0. The zero-order valence-electron chi connectivity index (χ0n) is 11.2. The molecule has 0 aliphatic heterocycles. The second kappa shape index (κ2) is 7.20. The van der Waals surface area contributed by atoms with Crippen molar-refractivity contribution in [3.8, 4) is 5.75 Å². The van der Waals surface area contributed by atoms with Crippen molar-refractivity contribution in [3.63, 3.8) is 0 Å². The molecule has 2 aromatic carbocycles. The molecule has 0 amide bonds. The van der Waals surface area contributed by atoms with Crippen LogP contribution in [0.4, 0.5) is 0 Å². The second-order valence-electron chi connectivity index (χ2n) is 4.71. The molecule has 0 aliphatic rings. The maximum atomic E-state index is 6.07. The van der Waals surface area contributed by atoms with Gasteiger partial charge in [0.1, 0.15) is 5.75 Å². The summed E-state index contributed by atoms with van der Waals surface area (Å²) in [4.78, 5) is 0. The lowest BCUT2D eigenvalue weighted by molar-refractivity contribution is 0.301. The molecule has 0 heterocycles. The lowest BCUT2D eigenvalue weighted by Crippen LogP contribution is -2.07. The van der Waals surface area contributed by atoms with E-state index in [1.54, 1.807) is 0 Å². The Morgan fingerprint density at radius 3 is 2.32 bits per heavy atom. The first-order valence-corrected chi connectivity index (χ1v) is 7.13. The second-order valence-corrected chi connectivity index (χ2v) is 5.02. The molecule has 0 saturated carbocycles. The monoisotopic (exact) mass is 274 g/mol. The summed E-state index contributed by atoms with van der Waals surface area (Å²) >= 11 is 6.07. The predicted molar refractivity (Wildman–Crippen MR) is 81.2 cm³/mol. The quantitative estimate of drug-likeness (QED) is 0.689. The van der Waals surface area contributed by atoms with Gasteiger partial charge in [0, 0.05) is 11.8 Å². The third-order valence-electron chi connectivity index (χ3n) is 3.21. The normalized spacial score (nSPS) is 12.1. The molecular formula is C17H19ClO. The molecule has 0 fully saturated rings. The largest absolute Gasteiger partial charge is 0.494 e. The molecule has 1 nitrogen and oxygen atoms in total. The van der Waals surface area contributed by atoms with E-state index in [1.165, 1.54) is 11.1 Å². The molecule has 19 heavy (non-hydrogen) atoms. The van der Waals surface area contributed by atoms with Crippen molar-refractivity contribution < 1.29 is 4.74 Å². The van der Waals surface area contributed by atoms with Crippen molar-refractivity contribution in [2.45, 2.75) is 19.3 Å². The van der Waals surface area contributed by atoms with Crippen LogP contribution in [0.15, 0.2) is 54.6 Å². The van der Waals surface area contributed by atoms with E-state index in [4.69, 9.17) is 16.3 Å². The Labute approximate surface area is 120 Å². The summed E-state index contributed by atoms with van der Waals surface area (Å²) < 4.78 is 5.72. The summed E-state index contributed by atoms with van der Waals surface area (Å²) in [6.07, 6.45) is 0.932. The highest BCUT2D eigenvalue weighted by atomic mass is 35.5.